The second-order valence-corrected chi connectivity index (χ2v) is 5.31. The number of pyridine rings is 2. The highest BCUT2D eigenvalue weighted by molar-refractivity contribution is 5.45. The molecule has 0 aliphatic carbocycles. The second kappa shape index (κ2) is 6.88. The molecule has 7 heteroatoms. The average Bonchev–Trinajstić information content (AvgIpc) is 2.60. The number of benzene rings is 1. The van der Waals surface area contributed by atoms with Crippen LogP contribution in [0.4, 0.5) is 23.4 Å². The fourth-order valence-electron chi connectivity index (χ4n) is 2.39. The van der Waals surface area contributed by atoms with Crippen LogP contribution in [0.3, 0.4) is 0 Å². The molecule has 1 N–H and O–H groups in total. The minimum atomic E-state index is -4.47. The molecule has 1 aromatic carbocycles. The summed E-state index contributed by atoms with van der Waals surface area (Å²) < 4.78 is 52.2. The number of rotatable bonds is 4. The van der Waals surface area contributed by atoms with Crippen LogP contribution in [0.1, 0.15) is 22.9 Å². The molecule has 2 aromatic heterocycles. The molecule has 3 aromatic rings. The van der Waals surface area contributed by atoms with E-state index in [1.165, 1.54) is 18.2 Å². The fourth-order valence-corrected chi connectivity index (χ4v) is 2.39. The molecule has 128 valence electrons. The number of alkyl halides is 3. The van der Waals surface area contributed by atoms with E-state index in [1.807, 2.05) is 0 Å². The third kappa shape index (κ3) is 4.12. The molecule has 1 atom stereocenters. The van der Waals surface area contributed by atoms with Crippen molar-refractivity contribution in [3.05, 3.63) is 89.6 Å². The quantitative estimate of drug-likeness (QED) is 0.687. The monoisotopic (exact) mass is 347 g/mol. The lowest BCUT2D eigenvalue weighted by molar-refractivity contribution is -0.137. The van der Waals surface area contributed by atoms with Gasteiger partial charge in [0, 0.05) is 12.4 Å². The van der Waals surface area contributed by atoms with Crippen LogP contribution in [0.25, 0.3) is 0 Å². The van der Waals surface area contributed by atoms with Crippen LogP contribution < -0.4 is 5.32 Å². The number of nitrogens with one attached hydrogen (secondary N) is 1. The third-order valence-corrected chi connectivity index (χ3v) is 3.55. The molecule has 0 saturated carbocycles. The maximum Gasteiger partial charge on any atom is 0.416 e. The minimum absolute atomic E-state index is 0.0229. The Hall–Kier alpha value is -2.96. The van der Waals surface area contributed by atoms with E-state index in [0.29, 0.717) is 11.3 Å². The molecule has 2 heterocycles. The van der Waals surface area contributed by atoms with Crippen LogP contribution in [0.5, 0.6) is 0 Å². The van der Waals surface area contributed by atoms with Gasteiger partial charge >= 0.3 is 6.18 Å². The standard InChI is InChI=1S/C18H13F4N3/c19-14-5-3-4-12(10-14)17(15-6-1-2-8-23-15)25-16-11-13(7-9-24-16)18(20,21)22/h1-11,17H,(H,24,25). The summed E-state index contributed by atoms with van der Waals surface area (Å²) in [4.78, 5) is 8.15. The molecule has 0 spiro atoms. The van der Waals surface area contributed by atoms with Gasteiger partial charge in [-0.05, 0) is 42.0 Å². The lowest BCUT2D eigenvalue weighted by atomic mass is 10.0. The van der Waals surface area contributed by atoms with Crippen molar-refractivity contribution in [2.45, 2.75) is 12.2 Å². The Labute approximate surface area is 141 Å². The van der Waals surface area contributed by atoms with Crippen LogP contribution in [-0.2, 0) is 6.18 Å². The maximum absolute atomic E-state index is 13.6. The first-order valence-electron chi connectivity index (χ1n) is 7.39. The zero-order chi connectivity index (χ0) is 17.9. The van der Waals surface area contributed by atoms with Gasteiger partial charge in [-0.3, -0.25) is 4.98 Å². The molecule has 25 heavy (non-hydrogen) atoms. The number of nitrogens with zero attached hydrogens (tertiary/aromatic N) is 2. The first kappa shape index (κ1) is 16.9. The maximum atomic E-state index is 13.6. The highest BCUT2D eigenvalue weighted by atomic mass is 19.4. The van der Waals surface area contributed by atoms with E-state index in [2.05, 4.69) is 15.3 Å². The molecule has 0 bridgehead atoms. The van der Waals surface area contributed by atoms with Gasteiger partial charge in [0.15, 0.2) is 0 Å². The Bertz CT molecular complexity index is 850. The summed E-state index contributed by atoms with van der Waals surface area (Å²) in [6.07, 6.45) is -1.84. The number of hydrogen-bond donors (Lipinski definition) is 1. The van der Waals surface area contributed by atoms with Crippen LogP contribution in [0.15, 0.2) is 67.0 Å². The van der Waals surface area contributed by atoms with Gasteiger partial charge in [-0.25, -0.2) is 9.37 Å². The van der Waals surface area contributed by atoms with Crippen LogP contribution >= 0.6 is 0 Å². The summed E-state index contributed by atoms with van der Waals surface area (Å²) >= 11 is 0. The molecule has 0 fully saturated rings. The molecule has 3 nitrogen and oxygen atoms in total. The fraction of sp³-hybridized carbons (Fsp3) is 0.111. The van der Waals surface area contributed by atoms with Gasteiger partial charge in [-0.2, -0.15) is 13.2 Å². The van der Waals surface area contributed by atoms with Crippen molar-refractivity contribution >= 4 is 5.82 Å². The summed E-state index contributed by atoms with van der Waals surface area (Å²) in [7, 11) is 0. The van der Waals surface area contributed by atoms with Crippen LogP contribution in [-0.4, -0.2) is 9.97 Å². The lowest BCUT2D eigenvalue weighted by Gasteiger charge is -2.20. The average molecular weight is 347 g/mol. The molecular formula is C18H13F4N3. The first-order chi connectivity index (χ1) is 11.9. The first-order valence-corrected chi connectivity index (χ1v) is 7.39. The van der Waals surface area contributed by atoms with E-state index in [4.69, 9.17) is 0 Å². The Morgan fingerprint density at radius 3 is 2.40 bits per heavy atom. The largest absolute Gasteiger partial charge is 0.416 e. The molecule has 1 unspecified atom stereocenters. The van der Waals surface area contributed by atoms with Crippen molar-refractivity contribution in [2.24, 2.45) is 0 Å². The van der Waals surface area contributed by atoms with Crippen molar-refractivity contribution in [2.75, 3.05) is 5.32 Å². The topological polar surface area (TPSA) is 37.8 Å². The van der Waals surface area contributed by atoms with E-state index in [1.54, 1.807) is 30.5 Å². The van der Waals surface area contributed by atoms with Crippen LogP contribution in [0.2, 0.25) is 0 Å². The number of halogens is 4. The highest BCUT2D eigenvalue weighted by Gasteiger charge is 2.31. The van der Waals surface area contributed by atoms with Crippen molar-refractivity contribution in [3.63, 3.8) is 0 Å². The molecule has 3 rings (SSSR count). The van der Waals surface area contributed by atoms with Gasteiger partial charge in [0.2, 0.25) is 0 Å². The molecule has 0 aliphatic heterocycles. The Balaban J connectivity index is 1.99. The van der Waals surface area contributed by atoms with Crippen molar-refractivity contribution in [1.82, 2.24) is 9.97 Å². The smallest absolute Gasteiger partial charge is 0.358 e. The lowest BCUT2D eigenvalue weighted by Crippen LogP contribution is -2.15. The van der Waals surface area contributed by atoms with Gasteiger partial charge in [-0.1, -0.05) is 18.2 Å². The molecule has 0 saturated heterocycles. The predicted octanol–water partition coefficient (Wildman–Crippen LogP) is 4.84. The van der Waals surface area contributed by atoms with Crippen molar-refractivity contribution in [1.29, 1.82) is 0 Å². The zero-order valence-electron chi connectivity index (χ0n) is 12.8. The SMILES string of the molecule is Fc1cccc(C(Nc2cc(C(F)(F)F)ccn2)c2ccccn2)c1. The number of aromatic nitrogens is 2. The number of hydrogen-bond acceptors (Lipinski definition) is 3. The zero-order valence-corrected chi connectivity index (χ0v) is 12.8. The van der Waals surface area contributed by atoms with Gasteiger partial charge in [0.05, 0.1) is 17.3 Å². The van der Waals surface area contributed by atoms with E-state index in [0.717, 1.165) is 18.3 Å². The summed E-state index contributed by atoms with van der Waals surface area (Å²) in [5.74, 6) is -0.424. The van der Waals surface area contributed by atoms with Gasteiger partial charge < -0.3 is 5.32 Å². The summed E-state index contributed by atoms with van der Waals surface area (Å²) in [5, 5.41) is 2.91. The van der Waals surface area contributed by atoms with Gasteiger partial charge in [-0.15, -0.1) is 0 Å². The predicted molar refractivity (Wildman–Crippen MR) is 85.3 cm³/mol. The van der Waals surface area contributed by atoms with Crippen molar-refractivity contribution < 1.29 is 17.6 Å². The van der Waals surface area contributed by atoms with Crippen LogP contribution in [0, 0.1) is 5.82 Å². The van der Waals surface area contributed by atoms with Crippen molar-refractivity contribution in [3.8, 4) is 0 Å². The second-order valence-electron chi connectivity index (χ2n) is 5.31. The highest BCUT2D eigenvalue weighted by Crippen LogP contribution is 2.31. The van der Waals surface area contributed by atoms with Gasteiger partial charge in [0.25, 0.3) is 0 Å². The number of anilines is 1. The van der Waals surface area contributed by atoms with E-state index in [-0.39, 0.29) is 5.82 Å². The normalized spacial score (nSPS) is 12.6. The summed E-state index contributed by atoms with van der Waals surface area (Å²) in [6, 6.07) is 12.1. The minimum Gasteiger partial charge on any atom is -0.358 e. The summed E-state index contributed by atoms with van der Waals surface area (Å²) in [5.41, 5.74) is 0.245. The molecule has 0 radical (unpaired) electrons. The molecule has 0 amide bonds. The Morgan fingerprint density at radius 2 is 1.72 bits per heavy atom. The van der Waals surface area contributed by atoms with Gasteiger partial charge in [0.1, 0.15) is 11.6 Å². The Morgan fingerprint density at radius 1 is 0.880 bits per heavy atom. The molecular weight excluding hydrogens is 334 g/mol. The Kier molecular flexibility index (Phi) is 4.65. The van der Waals surface area contributed by atoms with E-state index >= 15 is 0 Å². The third-order valence-electron chi connectivity index (χ3n) is 3.55. The van der Waals surface area contributed by atoms with E-state index < -0.39 is 23.6 Å². The molecule has 0 aliphatic rings. The summed E-state index contributed by atoms with van der Waals surface area (Å²) in [6.45, 7) is 0. The van der Waals surface area contributed by atoms with E-state index in [9.17, 15) is 17.6 Å².